The van der Waals surface area contributed by atoms with Gasteiger partial charge >= 0.3 is 0 Å². The zero-order valence-electron chi connectivity index (χ0n) is 12.4. The van der Waals surface area contributed by atoms with Crippen LogP contribution in [0.15, 0.2) is 23.1 Å². The molecule has 21 heavy (non-hydrogen) atoms. The second-order valence-electron chi connectivity index (χ2n) is 5.02. The van der Waals surface area contributed by atoms with E-state index in [1.165, 1.54) is 7.11 Å². The van der Waals surface area contributed by atoms with Crippen molar-refractivity contribution in [2.75, 3.05) is 25.7 Å². The number of nitrogens with one attached hydrogen (secondary N) is 2. The van der Waals surface area contributed by atoms with Gasteiger partial charge in [0.25, 0.3) is 0 Å². The van der Waals surface area contributed by atoms with Crippen LogP contribution in [0, 0.1) is 0 Å². The number of hydrogen-bond acceptors (Lipinski definition) is 5. The first kappa shape index (κ1) is 16.6. The molecule has 1 fully saturated rings. The maximum Gasteiger partial charge on any atom is 0.244 e. The highest BCUT2D eigenvalue weighted by molar-refractivity contribution is 7.99. The van der Waals surface area contributed by atoms with Crippen LogP contribution in [0.1, 0.15) is 18.4 Å². The Morgan fingerprint density at radius 1 is 1.33 bits per heavy atom. The van der Waals surface area contributed by atoms with Gasteiger partial charge in [-0.1, -0.05) is 6.07 Å². The van der Waals surface area contributed by atoms with Crippen LogP contribution < -0.4 is 14.8 Å². The Morgan fingerprint density at radius 2 is 2.05 bits per heavy atom. The first-order valence-corrected chi connectivity index (χ1v) is 9.62. The average Bonchev–Trinajstić information content (AvgIpc) is 2.48. The van der Waals surface area contributed by atoms with Crippen LogP contribution in [0.3, 0.4) is 0 Å². The van der Waals surface area contributed by atoms with Gasteiger partial charge in [-0.05, 0) is 49.1 Å². The highest BCUT2D eigenvalue weighted by Gasteiger charge is 2.24. The number of sulfonamides is 1. The van der Waals surface area contributed by atoms with Gasteiger partial charge in [-0.15, -0.1) is 0 Å². The maximum absolute atomic E-state index is 12.5. The molecule has 0 spiro atoms. The van der Waals surface area contributed by atoms with Crippen molar-refractivity contribution in [3.63, 3.8) is 0 Å². The molecule has 0 saturated carbocycles. The number of benzene rings is 1. The Morgan fingerprint density at radius 3 is 2.67 bits per heavy atom. The molecule has 1 aromatic rings. The molecule has 1 saturated heterocycles. The monoisotopic (exact) mass is 330 g/mol. The lowest BCUT2D eigenvalue weighted by molar-refractivity contribution is 0.401. The fraction of sp³-hybridized carbons (Fsp3) is 0.571. The molecule has 5 nitrogen and oxygen atoms in total. The van der Waals surface area contributed by atoms with E-state index >= 15 is 0 Å². The number of hydrogen-bond donors (Lipinski definition) is 2. The summed E-state index contributed by atoms with van der Waals surface area (Å²) in [7, 11) is -0.197. The lowest BCUT2D eigenvalue weighted by atomic mass is 10.2. The van der Waals surface area contributed by atoms with E-state index in [9.17, 15) is 8.42 Å². The molecule has 1 aliphatic heterocycles. The van der Waals surface area contributed by atoms with Gasteiger partial charge in [0.15, 0.2) is 0 Å². The molecule has 0 unspecified atom stereocenters. The van der Waals surface area contributed by atoms with Gasteiger partial charge < -0.3 is 10.1 Å². The third-order valence-electron chi connectivity index (χ3n) is 3.44. The van der Waals surface area contributed by atoms with Gasteiger partial charge in [-0.3, -0.25) is 0 Å². The molecule has 1 aromatic carbocycles. The molecule has 0 bridgehead atoms. The topological polar surface area (TPSA) is 67.4 Å². The summed E-state index contributed by atoms with van der Waals surface area (Å²) in [6.45, 7) is 0.671. The van der Waals surface area contributed by atoms with Crippen LogP contribution >= 0.6 is 11.8 Å². The van der Waals surface area contributed by atoms with Crippen molar-refractivity contribution >= 4 is 21.8 Å². The van der Waals surface area contributed by atoms with Crippen LogP contribution in [-0.4, -0.2) is 40.1 Å². The Labute approximate surface area is 130 Å². The zero-order chi connectivity index (χ0) is 15.3. The summed E-state index contributed by atoms with van der Waals surface area (Å²) >= 11 is 1.87. The molecule has 2 N–H and O–H groups in total. The first-order valence-electron chi connectivity index (χ1n) is 6.98. The lowest BCUT2D eigenvalue weighted by Crippen LogP contribution is -2.37. The molecule has 0 radical (unpaired) electrons. The number of ether oxygens (including phenoxy) is 1. The molecule has 0 aliphatic carbocycles. The predicted octanol–water partition coefficient (Wildman–Crippen LogP) is 1.59. The van der Waals surface area contributed by atoms with Crippen molar-refractivity contribution in [2.24, 2.45) is 0 Å². The molecule has 1 aliphatic rings. The Balaban J connectivity index is 2.21. The van der Waals surface area contributed by atoms with E-state index in [0.717, 1.165) is 29.9 Å². The van der Waals surface area contributed by atoms with E-state index in [1.54, 1.807) is 12.1 Å². The summed E-state index contributed by atoms with van der Waals surface area (Å²) in [6, 6.07) is 5.22. The van der Waals surface area contributed by atoms with Crippen LogP contribution in [0.4, 0.5) is 0 Å². The summed E-state index contributed by atoms with van der Waals surface area (Å²) in [5.41, 5.74) is 0.988. The molecule has 7 heteroatoms. The summed E-state index contributed by atoms with van der Waals surface area (Å²) in [5.74, 6) is 2.40. The smallest absolute Gasteiger partial charge is 0.244 e. The van der Waals surface area contributed by atoms with Gasteiger partial charge in [0.2, 0.25) is 10.0 Å². The summed E-state index contributed by atoms with van der Waals surface area (Å²) in [5, 5.41) is 3.04. The highest BCUT2D eigenvalue weighted by atomic mass is 32.2. The SMILES string of the molecule is CNCc1ccc(S(=O)(=O)NC2CCSCC2)c(OC)c1. The summed E-state index contributed by atoms with van der Waals surface area (Å²) in [4.78, 5) is 0.211. The van der Waals surface area contributed by atoms with Gasteiger partial charge in [-0.2, -0.15) is 11.8 Å². The second-order valence-corrected chi connectivity index (χ2v) is 7.93. The van der Waals surface area contributed by atoms with Crippen molar-refractivity contribution in [1.82, 2.24) is 10.0 Å². The molecule has 1 heterocycles. The average molecular weight is 330 g/mol. The van der Waals surface area contributed by atoms with E-state index in [4.69, 9.17) is 4.74 Å². The summed E-state index contributed by atoms with van der Waals surface area (Å²) < 4.78 is 33.1. The largest absolute Gasteiger partial charge is 0.495 e. The minimum absolute atomic E-state index is 0.0259. The van der Waals surface area contributed by atoms with E-state index in [0.29, 0.717) is 12.3 Å². The first-order chi connectivity index (χ1) is 10.1. The van der Waals surface area contributed by atoms with E-state index in [2.05, 4.69) is 10.0 Å². The minimum Gasteiger partial charge on any atom is -0.495 e. The minimum atomic E-state index is -3.54. The van der Waals surface area contributed by atoms with Crippen molar-refractivity contribution < 1.29 is 13.2 Å². The third kappa shape index (κ3) is 4.35. The number of rotatable bonds is 6. The van der Waals surface area contributed by atoms with Crippen LogP contribution in [0.25, 0.3) is 0 Å². The molecule has 2 rings (SSSR count). The van der Waals surface area contributed by atoms with Crippen LogP contribution in [0.5, 0.6) is 5.75 Å². The molecule has 118 valence electrons. The molecular formula is C14H22N2O3S2. The van der Waals surface area contributed by atoms with Crippen molar-refractivity contribution in [2.45, 2.75) is 30.3 Å². The Kier molecular flexibility index (Phi) is 5.92. The normalized spacial score (nSPS) is 16.9. The third-order valence-corrected chi connectivity index (χ3v) is 6.05. The summed E-state index contributed by atoms with van der Waals surface area (Å²) in [6.07, 6.45) is 1.76. The fourth-order valence-corrected chi connectivity index (χ4v) is 4.91. The lowest BCUT2D eigenvalue weighted by Gasteiger charge is -2.23. The van der Waals surface area contributed by atoms with Crippen molar-refractivity contribution in [1.29, 1.82) is 0 Å². The van der Waals surface area contributed by atoms with E-state index in [-0.39, 0.29) is 10.9 Å². The molecule has 0 atom stereocenters. The highest BCUT2D eigenvalue weighted by Crippen LogP contribution is 2.26. The second kappa shape index (κ2) is 7.49. The van der Waals surface area contributed by atoms with Crippen LogP contribution in [-0.2, 0) is 16.6 Å². The molecular weight excluding hydrogens is 308 g/mol. The maximum atomic E-state index is 12.5. The van der Waals surface area contributed by atoms with Gasteiger partial charge in [0, 0.05) is 12.6 Å². The zero-order valence-corrected chi connectivity index (χ0v) is 14.0. The quantitative estimate of drug-likeness (QED) is 0.829. The number of thioether (sulfide) groups is 1. The molecule has 0 aromatic heterocycles. The van der Waals surface area contributed by atoms with Crippen molar-refractivity contribution in [3.05, 3.63) is 23.8 Å². The predicted molar refractivity (Wildman–Crippen MR) is 86.4 cm³/mol. The van der Waals surface area contributed by atoms with Crippen molar-refractivity contribution in [3.8, 4) is 5.75 Å². The standard InChI is InChI=1S/C14H22N2O3S2/c1-15-10-11-3-4-14(13(9-11)19-2)21(17,18)16-12-5-7-20-8-6-12/h3-4,9,12,15-16H,5-8,10H2,1-2H3. The van der Waals surface area contributed by atoms with E-state index in [1.807, 2.05) is 24.9 Å². The van der Waals surface area contributed by atoms with Gasteiger partial charge in [0.1, 0.15) is 10.6 Å². The fourth-order valence-electron chi connectivity index (χ4n) is 2.35. The van der Waals surface area contributed by atoms with Gasteiger partial charge in [-0.25, -0.2) is 13.1 Å². The Bertz CT molecular complexity index is 570. The Hall–Kier alpha value is -0.760. The molecule has 0 amide bonds. The number of methoxy groups -OCH3 is 1. The van der Waals surface area contributed by atoms with Gasteiger partial charge in [0.05, 0.1) is 7.11 Å². The van der Waals surface area contributed by atoms with Crippen LogP contribution in [0.2, 0.25) is 0 Å². The van der Waals surface area contributed by atoms with E-state index < -0.39 is 10.0 Å².